The minimum Gasteiger partial charge on any atom is -0.479 e. The van der Waals surface area contributed by atoms with Crippen molar-refractivity contribution >= 4 is 12.0 Å². The fraction of sp³-hybridized carbons (Fsp3) is 0.467. The molecule has 0 radical (unpaired) electrons. The summed E-state index contributed by atoms with van der Waals surface area (Å²) in [6, 6.07) is 7.23. The van der Waals surface area contributed by atoms with Crippen LogP contribution in [0.2, 0.25) is 0 Å². The van der Waals surface area contributed by atoms with Crippen LogP contribution in [-0.2, 0) is 9.53 Å². The number of benzene rings is 1. The number of carboxylic acids is 1. The van der Waals surface area contributed by atoms with Crippen LogP contribution >= 0.6 is 0 Å². The van der Waals surface area contributed by atoms with Crippen molar-refractivity contribution in [3.63, 3.8) is 0 Å². The minimum atomic E-state index is -1.08. The van der Waals surface area contributed by atoms with E-state index in [1.165, 1.54) is 0 Å². The van der Waals surface area contributed by atoms with Crippen LogP contribution in [0, 0.1) is 0 Å². The monoisotopic (exact) mass is 292 g/mol. The smallest absolute Gasteiger partial charge is 0.330 e. The number of aliphatic carboxylic acids is 1. The number of amides is 2. The molecule has 1 aromatic rings. The standard InChI is InChI=1S/C15H20N2O4/c1-10-8-17(9-11(2)21-10)15(20)16-13(14(18)19)12-6-4-3-5-7-12/h3-7,10-11,13H,8-9H2,1-2H3,(H,16,20)(H,18,19)/t10?,11?,13-/m1/s1. The normalized spacial score (nSPS) is 23.4. The summed E-state index contributed by atoms with van der Waals surface area (Å²) in [4.78, 5) is 25.3. The topological polar surface area (TPSA) is 78.9 Å². The molecule has 6 heteroatoms. The van der Waals surface area contributed by atoms with E-state index in [-0.39, 0.29) is 18.2 Å². The van der Waals surface area contributed by atoms with Crippen molar-refractivity contribution in [2.45, 2.75) is 32.1 Å². The summed E-state index contributed by atoms with van der Waals surface area (Å²) in [5.74, 6) is -1.08. The quantitative estimate of drug-likeness (QED) is 0.887. The Hall–Kier alpha value is -2.08. The molecule has 2 unspecified atom stereocenters. The molecule has 0 bridgehead atoms. The van der Waals surface area contributed by atoms with Gasteiger partial charge in [-0.25, -0.2) is 9.59 Å². The first-order valence-corrected chi connectivity index (χ1v) is 6.96. The molecular formula is C15H20N2O4. The molecule has 2 N–H and O–H groups in total. The molecule has 2 rings (SSSR count). The van der Waals surface area contributed by atoms with E-state index in [1.54, 1.807) is 35.2 Å². The first kappa shape index (κ1) is 15.3. The SMILES string of the molecule is CC1CN(C(=O)N[C@@H](C(=O)O)c2ccccc2)CC(C)O1. The third-order valence-electron chi connectivity index (χ3n) is 3.35. The molecule has 2 amide bonds. The number of hydrogen-bond acceptors (Lipinski definition) is 3. The van der Waals surface area contributed by atoms with Gasteiger partial charge < -0.3 is 20.1 Å². The lowest BCUT2D eigenvalue weighted by molar-refractivity contribution is -0.139. The zero-order valence-corrected chi connectivity index (χ0v) is 12.2. The third-order valence-corrected chi connectivity index (χ3v) is 3.35. The Balaban J connectivity index is 2.07. The van der Waals surface area contributed by atoms with Gasteiger partial charge >= 0.3 is 12.0 Å². The molecule has 0 saturated carbocycles. The van der Waals surface area contributed by atoms with Gasteiger partial charge in [0.1, 0.15) is 0 Å². The average Bonchev–Trinajstić information content (AvgIpc) is 2.44. The molecule has 1 fully saturated rings. The van der Waals surface area contributed by atoms with E-state index in [1.807, 2.05) is 13.8 Å². The molecule has 0 aromatic heterocycles. The number of carbonyl (C=O) groups is 2. The minimum absolute atomic E-state index is 0.0560. The first-order chi connectivity index (χ1) is 9.97. The number of carboxylic acid groups (broad SMARTS) is 1. The van der Waals surface area contributed by atoms with Gasteiger partial charge in [-0.3, -0.25) is 0 Å². The van der Waals surface area contributed by atoms with Crippen molar-refractivity contribution in [1.82, 2.24) is 10.2 Å². The van der Waals surface area contributed by atoms with Gasteiger partial charge in [0.05, 0.1) is 12.2 Å². The maximum Gasteiger partial charge on any atom is 0.330 e. The second kappa shape index (κ2) is 6.58. The van der Waals surface area contributed by atoms with Crippen LogP contribution in [0.15, 0.2) is 30.3 Å². The predicted octanol–water partition coefficient (Wildman–Crippen LogP) is 1.63. The van der Waals surface area contributed by atoms with E-state index in [0.717, 1.165) is 0 Å². The Morgan fingerprint density at radius 1 is 1.24 bits per heavy atom. The number of hydrogen-bond donors (Lipinski definition) is 2. The highest BCUT2D eigenvalue weighted by molar-refractivity contribution is 5.83. The number of rotatable bonds is 3. The van der Waals surface area contributed by atoms with E-state index in [9.17, 15) is 14.7 Å². The molecule has 1 heterocycles. The zero-order chi connectivity index (χ0) is 15.4. The van der Waals surface area contributed by atoms with Crippen molar-refractivity contribution in [3.8, 4) is 0 Å². The highest BCUT2D eigenvalue weighted by Gasteiger charge is 2.29. The summed E-state index contributed by atoms with van der Waals surface area (Å²) in [6.07, 6.45) is -0.112. The molecule has 1 saturated heterocycles. The summed E-state index contributed by atoms with van der Waals surface area (Å²) in [7, 11) is 0. The molecule has 1 aliphatic heterocycles. The molecule has 0 spiro atoms. The van der Waals surface area contributed by atoms with Crippen LogP contribution in [0.1, 0.15) is 25.5 Å². The van der Waals surface area contributed by atoms with Crippen molar-refractivity contribution in [2.24, 2.45) is 0 Å². The molecule has 6 nitrogen and oxygen atoms in total. The highest BCUT2D eigenvalue weighted by Crippen LogP contribution is 2.15. The first-order valence-electron chi connectivity index (χ1n) is 6.96. The highest BCUT2D eigenvalue weighted by atomic mass is 16.5. The van der Waals surface area contributed by atoms with Gasteiger partial charge in [-0.1, -0.05) is 30.3 Å². The second-order valence-corrected chi connectivity index (χ2v) is 5.29. The largest absolute Gasteiger partial charge is 0.479 e. The third kappa shape index (κ3) is 3.95. The summed E-state index contributed by atoms with van der Waals surface area (Å²) in [5.41, 5.74) is 0.549. The van der Waals surface area contributed by atoms with Crippen LogP contribution < -0.4 is 5.32 Å². The van der Waals surface area contributed by atoms with Gasteiger partial charge in [0.15, 0.2) is 6.04 Å². The Labute approximate surface area is 123 Å². The lowest BCUT2D eigenvalue weighted by atomic mass is 10.1. The van der Waals surface area contributed by atoms with Crippen molar-refractivity contribution in [1.29, 1.82) is 0 Å². The summed E-state index contributed by atoms with van der Waals surface area (Å²) in [5, 5.41) is 11.9. The average molecular weight is 292 g/mol. The second-order valence-electron chi connectivity index (χ2n) is 5.29. The predicted molar refractivity (Wildman–Crippen MR) is 76.9 cm³/mol. The fourth-order valence-electron chi connectivity index (χ4n) is 2.49. The van der Waals surface area contributed by atoms with Gasteiger partial charge in [-0.05, 0) is 19.4 Å². The molecule has 0 aliphatic carbocycles. The van der Waals surface area contributed by atoms with Gasteiger partial charge in [-0.15, -0.1) is 0 Å². The Morgan fingerprint density at radius 3 is 2.33 bits per heavy atom. The zero-order valence-electron chi connectivity index (χ0n) is 12.2. The van der Waals surface area contributed by atoms with Crippen LogP contribution in [0.25, 0.3) is 0 Å². The molecule has 1 aliphatic rings. The van der Waals surface area contributed by atoms with Crippen LogP contribution in [-0.4, -0.2) is 47.3 Å². The van der Waals surface area contributed by atoms with Crippen molar-refractivity contribution in [2.75, 3.05) is 13.1 Å². The van der Waals surface area contributed by atoms with Crippen molar-refractivity contribution in [3.05, 3.63) is 35.9 Å². The van der Waals surface area contributed by atoms with E-state index in [0.29, 0.717) is 18.7 Å². The lowest BCUT2D eigenvalue weighted by Crippen LogP contribution is -2.52. The van der Waals surface area contributed by atoms with Gasteiger partial charge in [0.2, 0.25) is 0 Å². The van der Waals surface area contributed by atoms with E-state index in [4.69, 9.17) is 4.74 Å². The maximum absolute atomic E-state index is 12.3. The molecule has 114 valence electrons. The van der Waals surface area contributed by atoms with Crippen LogP contribution in [0.3, 0.4) is 0 Å². The number of nitrogens with one attached hydrogen (secondary N) is 1. The fourth-order valence-corrected chi connectivity index (χ4v) is 2.49. The summed E-state index contributed by atoms with van der Waals surface area (Å²) < 4.78 is 5.57. The van der Waals surface area contributed by atoms with E-state index in [2.05, 4.69) is 5.32 Å². The van der Waals surface area contributed by atoms with E-state index < -0.39 is 12.0 Å². The van der Waals surface area contributed by atoms with E-state index >= 15 is 0 Å². The molecule has 1 aromatic carbocycles. The molecular weight excluding hydrogens is 272 g/mol. The van der Waals surface area contributed by atoms with Crippen molar-refractivity contribution < 1.29 is 19.4 Å². The van der Waals surface area contributed by atoms with Gasteiger partial charge in [0.25, 0.3) is 0 Å². The number of morpholine rings is 1. The summed E-state index contributed by atoms with van der Waals surface area (Å²) in [6.45, 7) is 4.69. The maximum atomic E-state index is 12.3. The number of nitrogens with zero attached hydrogens (tertiary/aromatic N) is 1. The summed E-state index contributed by atoms with van der Waals surface area (Å²) >= 11 is 0. The van der Waals surface area contributed by atoms with Crippen LogP contribution in [0.5, 0.6) is 0 Å². The number of carbonyl (C=O) groups excluding carboxylic acids is 1. The van der Waals surface area contributed by atoms with Gasteiger partial charge in [0, 0.05) is 13.1 Å². The molecule has 3 atom stereocenters. The van der Waals surface area contributed by atoms with Crippen LogP contribution in [0.4, 0.5) is 4.79 Å². The Morgan fingerprint density at radius 2 is 1.81 bits per heavy atom. The Bertz CT molecular complexity index is 496. The number of ether oxygens (including phenoxy) is 1. The number of urea groups is 1. The Kier molecular flexibility index (Phi) is 4.80. The lowest BCUT2D eigenvalue weighted by Gasteiger charge is -2.35. The molecule has 21 heavy (non-hydrogen) atoms. The van der Waals surface area contributed by atoms with Gasteiger partial charge in [-0.2, -0.15) is 0 Å².